The van der Waals surface area contributed by atoms with Crippen LogP contribution in [0.2, 0.25) is 0 Å². The summed E-state index contributed by atoms with van der Waals surface area (Å²) in [4.78, 5) is 33.3. The third-order valence-corrected chi connectivity index (χ3v) is 4.17. The number of esters is 1. The number of rotatable bonds is 5. The maximum atomic E-state index is 12.6. The van der Waals surface area contributed by atoms with Crippen molar-refractivity contribution in [3.63, 3.8) is 0 Å². The fourth-order valence-corrected chi connectivity index (χ4v) is 2.62. The van der Waals surface area contributed by atoms with Crippen LogP contribution >= 0.6 is 23.2 Å². The molecule has 0 bridgehead atoms. The van der Waals surface area contributed by atoms with E-state index >= 15 is 0 Å². The minimum atomic E-state index is -1.20. The molecule has 3 rings (SSSR count). The molecule has 0 spiro atoms. The molecule has 0 heterocycles. The minimum absolute atomic E-state index is 0.0162. The molecule has 0 saturated carbocycles. The van der Waals surface area contributed by atoms with Crippen LogP contribution in [0, 0.1) is 11.6 Å². The van der Waals surface area contributed by atoms with Gasteiger partial charge in [-0.1, -0.05) is 42.5 Å². The van der Waals surface area contributed by atoms with Crippen molar-refractivity contribution in [3.8, 4) is 0 Å². The van der Waals surface area contributed by atoms with E-state index < -0.39 is 33.7 Å². The van der Waals surface area contributed by atoms with Gasteiger partial charge in [-0.15, -0.1) is 0 Å². The van der Waals surface area contributed by atoms with Gasteiger partial charge in [0.15, 0.2) is 11.6 Å². The molecule has 0 fully saturated rings. The zero-order valence-electron chi connectivity index (χ0n) is 15.3. The second-order valence-corrected chi connectivity index (χ2v) is 6.43. The molecule has 0 unspecified atom stereocenters. The SMILES string of the molecule is O=C(Cl)c1cccc(F)c1F.O=C(OCc1ccccc1C(=O)Cl)c1ccccc1. The lowest BCUT2D eigenvalue weighted by molar-refractivity contribution is 0.0471. The second-order valence-electron chi connectivity index (χ2n) is 5.75. The molecule has 0 radical (unpaired) electrons. The number of ether oxygens (including phenoxy) is 1. The lowest BCUT2D eigenvalue weighted by Crippen LogP contribution is -2.07. The molecule has 3 aromatic carbocycles. The van der Waals surface area contributed by atoms with Crippen LogP contribution in [0.25, 0.3) is 0 Å². The summed E-state index contributed by atoms with van der Waals surface area (Å²) >= 11 is 10.4. The fourth-order valence-electron chi connectivity index (χ4n) is 2.29. The van der Waals surface area contributed by atoms with E-state index in [-0.39, 0.29) is 6.61 Å². The van der Waals surface area contributed by atoms with Gasteiger partial charge in [0.2, 0.25) is 0 Å². The molecule has 0 N–H and O–H groups in total. The number of hydrogen-bond donors (Lipinski definition) is 0. The normalized spacial score (nSPS) is 9.87. The Labute approximate surface area is 181 Å². The Morgan fingerprint density at radius 2 is 1.30 bits per heavy atom. The topological polar surface area (TPSA) is 60.4 Å². The van der Waals surface area contributed by atoms with Gasteiger partial charge in [0, 0.05) is 11.1 Å². The summed E-state index contributed by atoms with van der Waals surface area (Å²) in [5.74, 6) is -2.71. The van der Waals surface area contributed by atoms with Gasteiger partial charge in [-0.25, -0.2) is 13.6 Å². The van der Waals surface area contributed by atoms with Gasteiger partial charge in [-0.2, -0.15) is 0 Å². The smallest absolute Gasteiger partial charge is 0.338 e. The predicted molar refractivity (Wildman–Crippen MR) is 109 cm³/mol. The molecule has 0 aliphatic rings. The van der Waals surface area contributed by atoms with Crippen molar-refractivity contribution in [2.24, 2.45) is 0 Å². The van der Waals surface area contributed by atoms with Crippen molar-refractivity contribution in [1.82, 2.24) is 0 Å². The molecule has 0 saturated heterocycles. The molecular weight excluding hydrogens is 437 g/mol. The van der Waals surface area contributed by atoms with Gasteiger partial charge in [0.1, 0.15) is 6.61 Å². The van der Waals surface area contributed by atoms with E-state index in [4.69, 9.17) is 27.9 Å². The molecular formula is C22H14Cl2F2O4. The summed E-state index contributed by atoms with van der Waals surface area (Å²) in [6.45, 7) is 0.0162. The van der Waals surface area contributed by atoms with Gasteiger partial charge < -0.3 is 4.74 Å². The number of halogens is 4. The second kappa shape index (κ2) is 11.2. The van der Waals surface area contributed by atoms with Crippen molar-refractivity contribution in [3.05, 3.63) is 107 Å². The van der Waals surface area contributed by atoms with E-state index in [1.165, 1.54) is 6.07 Å². The highest BCUT2D eigenvalue weighted by atomic mass is 35.5. The van der Waals surface area contributed by atoms with Crippen molar-refractivity contribution >= 4 is 39.7 Å². The van der Waals surface area contributed by atoms with E-state index in [0.29, 0.717) is 16.7 Å². The van der Waals surface area contributed by atoms with Crippen molar-refractivity contribution in [1.29, 1.82) is 0 Å². The maximum Gasteiger partial charge on any atom is 0.338 e. The highest BCUT2D eigenvalue weighted by Gasteiger charge is 2.12. The highest BCUT2D eigenvalue weighted by molar-refractivity contribution is 6.68. The molecule has 8 heteroatoms. The first kappa shape index (κ1) is 23.2. The Balaban J connectivity index is 0.000000248. The highest BCUT2D eigenvalue weighted by Crippen LogP contribution is 2.14. The van der Waals surface area contributed by atoms with E-state index in [0.717, 1.165) is 12.1 Å². The van der Waals surface area contributed by atoms with Crippen molar-refractivity contribution in [2.75, 3.05) is 0 Å². The third kappa shape index (κ3) is 6.47. The maximum absolute atomic E-state index is 12.6. The summed E-state index contributed by atoms with van der Waals surface area (Å²) in [7, 11) is 0. The standard InChI is InChI=1S/C15H11ClO3.C7H3ClF2O/c16-14(17)13-9-5-4-8-12(13)10-19-15(18)11-6-2-1-3-7-11;8-7(11)4-2-1-3-5(9)6(4)10/h1-9H,10H2;1-3H. The minimum Gasteiger partial charge on any atom is -0.457 e. The quantitative estimate of drug-likeness (QED) is 0.365. The summed E-state index contributed by atoms with van der Waals surface area (Å²) in [5, 5.41) is -1.56. The third-order valence-electron chi connectivity index (χ3n) is 3.76. The van der Waals surface area contributed by atoms with E-state index in [1.807, 2.05) is 6.07 Å². The largest absolute Gasteiger partial charge is 0.457 e. The van der Waals surface area contributed by atoms with Gasteiger partial charge >= 0.3 is 5.97 Å². The van der Waals surface area contributed by atoms with Crippen LogP contribution in [0.3, 0.4) is 0 Å². The van der Waals surface area contributed by atoms with Crippen LogP contribution in [-0.2, 0) is 11.3 Å². The molecule has 30 heavy (non-hydrogen) atoms. The lowest BCUT2D eigenvalue weighted by atomic mass is 10.1. The molecule has 154 valence electrons. The Morgan fingerprint density at radius 3 is 1.90 bits per heavy atom. The lowest BCUT2D eigenvalue weighted by Gasteiger charge is -2.07. The monoisotopic (exact) mass is 450 g/mol. The van der Waals surface area contributed by atoms with Crippen molar-refractivity contribution in [2.45, 2.75) is 6.61 Å². The molecule has 3 aromatic rings. The molecule has 0 aliphatic heterocycles. The van der Waals surface area contributed by atoms with Crippen molar-refractivity contribution < 1.29 is 27.9 Å². The first-order chi connectivity index (χ1) is 14.3. The first-order valence-corrected chi connectivity index (χ1v) is 9.20. The van der Waals surface area contributed by atoms with Crippen LogP contribution in [0.1, 0.15) is 36.6 Å². The summed E-state index contributed by atoms with van der Waals surface area (Å²) in [5.41, 5.74) is 0.973. The average Bonchev–Trinajstić information content (AvgIpc) is 2.75. The van der Waals surface area contributed by atoms with E-state index in [1.54, 1.807) is 48.5 Å². The molecule has 0 amide bonds. The van der Waals surface area contributed by atoms with Gasteiger partial charge in [0.25, 0.3) is 10.5 Å². The number of hydrogen-bond acceptors (Lipinski definition) is 4. The molecule has 0 atom stereocenters. The predicted octanol–water partition coefficient (Wildman–Crippen LogP) is 5.77. The van der Waals surface area contributed by atoms with E-state index in [9.17, 15) is 23.2 Å². The Bertz CT molecular complexity index is 1060. The first-order valence-electron chi connectivity index (χ1n) is 8.45. The molecule has 0 aliphatic carbocycles. The van der Waals surface area contributed by atoms with Crippen LogP contribution in [0.15, 0.2) is 72.8 Å². The van der Waals surface area contributed by atoms with Gasteiger partial charge in [-0.3, -0.25) is 9.59 Å². The van der Waals surface area contributed by atoms with Crippen LogP contribution in [0.4, 0.5) is 8.78 Å². The van der Waals surface area contributed by atoms with Crippen LogP contribution < -0.4 is 0 Å². The molecule has 0 aromatic heterocycles. The number of carbonyl (C=O) groups excluding carboxylic acids is 3. The fraction of sp³-hybridized carbons (Fsp3) is 0.0455. The van der Waals surface area contributed by atoms with Gasteiger partial charge in [-0.05, 0) is 53.5 Å². The Morgan fingerprint density at radius 1 is 0.733 bits per heavy atom. The zero-order valence-corrected chi connectivity index (χ0v) is 16.8. The van der Waals surface area contributed by atoms with E-state index in [2.05, 4.69) is 0 Å². The zero-order chi connectivity index (χ0) is 22.1. The summed E-state index contributed by atoms with van der Waals surface area (Å²) < 4.78 is 30.1. The Hall–Kier alpha value is -3.09. The molecule has 4 nitrogen and oxygen atoms in total. The van der Waals surface area contributed by atoms with Crippen LogP contribution in [-0.4, -0.2) is 16.5 Å². The number of benzene rings is 3. The number of carbonyl (C=O) groups is 3. The van der Waals surface area contributed by atoms with Crippen LogP contribution in [0.5, 0.6) is 0 Å². The van der Waals surface area contributed by atoms with Gasteiger partial charge in [0.05, 0.1) is 11.1 Å². The summed E-state index contributed by atoms with van der Waals surface area (Å²) in [6, 6.07) is 18.7. The Kier molecular flexibility index (Phi) is 8.65. The average molecular weight is 451 g/mol. The summed E-state index contributed by atoms with van der Waals surface area (Å²) in [6.07, 6.45) is 0.